The van der Waals surface area contributed by atoms with E-state index in [1.54, 1.807) is 4.90 Å². The molecule has 0 spiro atoms. The highest BCUT2D eigenvalue weighted by Gasteiger charge is 2.32. The van der Waals surface area contributed by atoms with Crippen molar-refractivity contribution < 1.29 is 18.0 Å². The SMILES string of the molecule is O=C1CCCCN1c1ccccc1C#C/C=C\C#Cc1ccccc1C(F)(F)F. The van der Waals surface area contributed by atoms with Crippen molar-refractivity contribution in [2.75, 3.05) is 11.4 Å². The number of rotatable bonds is 1. The van der Waals surface area contributed by atoms with Gasteiger partial charge in [-0.25, -0.2) is 0 Å². The largest absolute Gasteiger partial charge is 0.417 e. The van der Waals surface area contributed by atoms with Crippen LogP contribution in [0.1, 0.15) is 36.0 Å². The lowest BCUT2D eigenvalue weighted by Gasteiger charge is -2.27. The van der Waals surface area contributed by atoms with Crippen molar-refractivity contribution in [3.63, 3.8) is 0 Å². The minimum atomic E-state index is -4.44. The summed E-state index contributed by atoms with van der Waals surface area (Å²) in [6.45, 7) is 0.678. The Morgan fingerprint density at radius 1 is 0.862 bits per heavy atom. The first-order valence-electron chi connectivity index (χ1n) is 9.20. The van der Waals surface area contributed by atoms with Gasteiger partial charge in [0.2, 0.25) is 5.91 Å². The molecule has 2 aromatic carbocycles. The van der Waals surface area contributed by atoms with E-state index in [2.05, 4.69) is 23.7 Å². The molecule has 3 rings (SSSR count). The lowest BCUT2D eigenvalue weighted by atomic mass is 10.1. The summed E-state index contributed by atoms with van der Waals surface area (Å²) in [5.74, 6) is 11.0. The maximum absolute atomic E-state index is 12.9. The summed E-state index contributed by atoms with van der Waals surface area (Å²) >= 11 is 0. The average molecular weight is 393 g/mol. The van der Waals surface area contributed by atoms with E-state index in [1.807, 2.05) is 24.3 Å². The third-order valence-electron chi connectivity index (χ3n) is 4.41. The summed E-state index contributed by atoms with van der Waals surface area (Å²) in [7, 11) is 0. The molecule has 1 heterocycles. The lowest BCUT2D eigenvalue weighted by molar-refractivity contribution is -0.137. The molecule has 2 nitrogen and oxygen atoms in total. The molecule has 5 heteroatoms. The van der Waals surface area contributed by atoms with E-state index in [1.165, 1.54) is 30.4 Å². The van der Waals surface area contributed by atoms with Gasteiger partial charge in [0.05, 0.1) is 11.3 Å². The van der Waals surface area contributed by atoms with Crippen LogP contribution in [0.2, 0.25) is 0 Å². The molecular weight excluding hydrogens is 375 g/mol. The van der Waals surface area contributed by atoms with E-state index in [0.29, 0.717) is 13.0 Å². The number of nitrogens with zero attached hydrogens (tertiary/aromatic N) is 1. The highest BCUT2D eigenvalue weighted by molar-refractivity contribution is 5.95. The molecule has 0 atom stereocenters. The van der Waals surface area contributed by atoms with Crippen molar-refractivity contribution in [3.8, 4) is 23.7 Å². The number of hydrogen-bond donors (Lipinski definition) is 0. The van der Waals surface area contributed by atoms with E-state index in [-0.39, 0.29) is 11.5 Å². The van der Waals surface area contributed by atoms with Gasteiger partial charge in [-0.15, -0.1) is 0 Å². The molecule has 0 radical (unpaired) electrons. The Morgan fingerprint density at radius 3 is 2.17 bits per heavy atom. The molecule has 0 aromatic heterocycles. The van der Waals surface area contributed by atoms with Crippen molar-refractivity contribution in [1.82, 2.24) is 0 Å². The predicted molar refractivity (Wildman–Crippen MR) is 107 cm³/mol. The topological polar surface area (TPSA) is 20.3 Å². The number of allylic oxidation sites excluding steroid dienone is 2. The molecule has 0 unspecified atom stereocenters. The van der Waals surface area contributed by atoms with Gasteiger partial charge in [0.1, 0.15) is 0 Å². The number of anilines is 1. The van der Waals surface area contributed by atoms with Gasteiger partial charge < -0.3 is 4.90 Å². The number of benzene rings is 2. The summed E-state index contributed by atoms with van der Waals surface area (Å²) in [6, 6.07) is 12.6. The van der Waals surface area contributed by atoms with Crippen LogP contribution < -0.4 is 4.90 Å². The van der Waals surface area contributed by atoms with Crippen molar-refractivity contribution >= 4 is 11.6 Å². The molecule has 1 aliphatic rings. The molecule has 1 amide bonds. The second-order valence-corrected chi connectivity index (χ2v) is 6.43. The van der Waals surface area contributed by atoms with Crippen LogP contribution >= 0.6 is 0 Å². The second-order valence-electron chi connectivity index (χ2n) is 6.43. The Morgan fingerprint density at radius 2 is 1.48 bits per heavy atom. The van der Waals surface area contributed by atoms with Gasteiger partial charge in [0, 0.05) is 24.1 Å². The van der Waals surface area contributed by atoms with Crippen molar-refractivity contribution in [3.05, 3.63) is 77.4 Å². The summed E-state index contributed by atoms with van der Waals surface area (Å²) in [5, 5.41) is 0. The molecular formula is C24H18F3NO. The molecule has 2 aromatic rings. The Bertz CT molecular complexity index is 1050. The van der Waals surface area contributed by atoms with Crippen LogP contribution in [0, 0.1) is 23.7 Å². The molecule has 1 fully saturated rings. The average Bonchev–Trinajstić information content (AvgIpc) is 2.71. The summed E-state index contributed by atoms with van der Waals surface area (Å²) in [4.78, 5) is 13.9. The lowest BCUT2D eigenvalue weighted by Crippen LogP contribution is -2.35. The van der Waals surface area contributed by atoms with E-state index >= 15 is 0 Å². The third kappa shape index (κ3) is 5.30. The maximum Gasteiger partial charge on any atom is 0.417 e. The molecule has 1 aliphatic heterocycles. The molecule has 1 saturated heterocycles. The fraction of sp³-hybridized carbons (Fsp3) is 0.208. The number of carbonyl (C=O) groups is 1. The van der Waals surface area contributed by atoms with Crippen molar-refractivity contribution in [2.24, 2.45) is 0 Å². The Kier molecular flexibility index (Phi) is 6.42. The third-order valence-corrected chi connectivity index (χ3v) is 4.41. The predicted octanol–water partition coefficient (Wildman–Crippen LogP) is 5.18. The fourth-order valence-corrected chi connectivity index (χ4v) is 3.04. The zero-order valence-corrected chi connectivity index (χ0v) is 15.6. The summed E-state index contributed by atoms with van der Waals surface area (Å²) in [6.07, 6.45) is 0.859. The highest BCUT2D eigenvalue weighted by atomic mass is 19.4. The van der Waals surface area contributed by atoms with E-state index in [9.17, 15) is 18.0 Å². The minimum Gasteiger partial charge on any atom is -0.311 e. The van der Waals surface area contributed by atoms with Crippen LogP contribution in [0.3, 0.4) is 0 Å². The van der Waals surface area contributed by atoms with Crippen LogP contribution in [0.5, 0.6) is 0 Å². The smallest absolute Gasteiger partial charge is 0.311 e. The molecule has 0 saturated carbocycles. The Hall–Kier alpha value is -3.44. The Balaban J connectivity index is 1.75. The first kappa shape index (κ1) is 20.3. The van der Waals surface area contributed by atoms with Crippen LogP contribution in [0.4, 0.5) is 18.9 Å². The van der Waals surface area contributed by atoms with E-state index in [0.717, 1.165) is 30.2 Å². The molecule has 146 valence electrons. The molecule has 0 aliphatic carbocycles. The normalized spacial score (nSPS) is 14.2. The van der Waals surface area contributed by atoms with Crippen LogP contribution in [0.25, 0.3) is 0 Å². The number of para-hydroxylation sites is 1. The zero-order valence-electron chi connectivity index (χ0n) is 15.6. The van der Waals surface area contributed by atoms with Gasteiger partial charge in [0.25, 0.3) is 0 Å². The van der Waals surface area contributed by atoms with Gasteiger partial charge in [-0.05, 0) is 49.3 Å². The Labute approximate surface area is 168 Å². The zero-order chi connectivity index (χ0) is 20.7. The van der Waals surface area contributed by atoms with Gasteiger partial charge >= 0.3 is 6.18 Å². The number of piperidine rings is 1. The molecule has 0 bridgehead atoms. The molecule has 0 N–H and O–H groups in total. The summed E-state index contributed by atoms with van der Waals surface area (Å²) in [5.41, 5.74) is 0.671. The number of halogens is 3. The maximum atomic E-state index is 12.9. The van der Waals surface area contributed by atoms with Gasteiger partial charge in [-0.2, -0.15) is 13.2 Å². The van der Waals surface area contributed by atoms with Crippen LogP contribution in [-0.4, -0.2) is 12.5 Å². The highest BCUT2D eigenvalue weighted by Crippen LogP contribution is 2.31. The first-order chi connectivity index (χ1) is 14.0. The number of alkyl halides is 3. The standard InChI is InChI=1S/C24H18F3NO/c25-24(26,27)21-15-7-5-12-19(21)11-3-1-2-4-13-20-14-6-8-16-22(20)28-18-10-9-17-23(28)29/h1-2,5-8,12,14-16H,9-10,17-18H2/b2-1-. The van der Waals surface area contributed by atoms with Crippen LogP contribution in [0.15, 0.2) is 60.7 Å². The monoisotopic (exact) mass is 393 g/mol. The van der Waals surface area contributed by atoms with Gasteiger partial charge in [-0.1, -0.05) is 47.9 Å². The van der Waals surface area contributed by atoms with E-state index < -0.39 is 11.7 Å². The van der Waals surface area contributed by atoms with Gasteiger partial charge in [0.15, 0.2) is 0 Å². The van der Waals surface area contributed by atoms with Crippen molar-refractivity contribution in [1.29, 1.82) is 0 Å². The number of hydrogen-bond acceptors (Lipinski definition) is 1. The molecule has 29 heavy (non-hydrogen) atoms. The second kappa shape index (κ2) is 9.17. The van der Waals surface area contributed by atoms with E-state index in [4.69, 9.17) is 0 Å². The number of carbonyl (C=O) groups excluding carboxylic acids is 1. The van der Waals surface area contributed by atoms with Gasteiger partial charge in [-0.3, -0.25) is 4.79 Å². The number of amides is 1. The first-order valence-corrected chi connectivity index (χ1v) is 9.20. The summed E-state index contributed by atoms with van der Waals surface area (Å²) < 4.78 is 38.8. The quantitative estimate of drug-likeness (QED) is 0.611. The minimum absolute atomic E-state index is 0.0773. The van der Waals surface area contributed by atoms with Crippen LogP contribution in [-0.2, 0) is 11.0 Å². The van der Waals surface area contributed by atoms with Crippen molar-refractivity contribution in [2.45, 2.75) is 25.4 Å². The fourth-order valence-electron chi connectivity index (χ4n) is 3.04.